The number of rotatable bonds is 11. The minimum absolute atomic E-state index is 0.122. The highest BCUT2D eigenvalue weighted by Crippen LogP contribution is 2.30. The molecule has 176 valence electrons. The summed E-state index contributed by atoms with van der Waals surface area (Å²) in [6, 6.07) is 17.3. The average Bonchev–Trinajstić information content (AvgIpc) is 3.26. The highest BCUT2D eigenvalue weighted by atomic mass is 16.5. The molecule has 1 aromatic heterocycles. The molecule has 2 N–H and O–H groups in total. The Morgan fingerprint density at radius 1 is 0.912 bits per heavy atom. The highest BCUT2D eigenvalue weighted by Gasteiger charge is 2.24. The van der Waals surface area contributed by atoms with Crippen LogP contribution >= 0.6 is 0 Å². The van der Waals surface area contributed by atoms with Gasteiger partial charge in [-0.1, -0.05) is 25.0 Å². The summed E-state index contributed by atoms with van der Waals surface area (Å²) in [5.74, 6) is -1.93. The van der Waals surface area contributed by atoms with Crippen LogP contribution in [0.15, 0.2) is 59.0 Å². The van der Waals surface area contributed by atoms with Gasteiger partial charge in [0.2, 0.25) is 5.89 Å². The molecule has 0 amide bonds. The van der Waals surface area contributed by atoms with E-state index in [1.807, 2.05) is 54.6 Å². The van der Waals surface area contributed by atoms with Gasteiger partial charge in [-0.05, 0) is 60.0 Å². The van der Waals surface area contributed by atoms with Crippen molar-refractivity contribution >= 4 is 33.8 Å². The van der Waals surface area contributed by atoms with Crippen LogP contribution in [0, 0.1) is 5.92 Å². The second kappa shape index (κ2) is 10.2. The molecule has 0 aliphatic rings. The van der Waals surface area contributed by atoms with Crippen LogP contribution in [-0.4, -0.2) is 40.9 Å². The van der Waals surface area contributed by atoms with Crippen LogP contribution in [0.5, 0.6) is 11.5 Å². The van der Waals surface area contributed by atoms with Gasteiger partial charge in [-0.3, -0.25) is 9.59 Å². The predicted octanol–water partition coefficient (Wildman–Crippen LogP) is 5.38. The Bertz CT molecular complexity index is 1310. The number of methoxy groups -OCH3 is 1. The molecule has 34 heavy (non-hydrogen) atoms. The molecule has 0 atom stereocenters. The van der Waals surface area contributed by atoms with Crippen molar-refractivity contribution in [1.82, 2.24) is 4.98 Å². The summed E-state index contributed by atoms with van der Waals surface area (Å²) in [7, 11) is 1.61. The van der Waals surface area contributed by atoms with Gasteiger partial charge in [0.1, 0.15) is 17.0 Å². The van der Waals surface area contributed by atoms with E-state index >= 15 is 0 Å². The maximum atomic E-state index is 10.9. The largest absolute Gasteiger partial charge is 0.497 e. The molecule has 0 radical (unpaired) electrons. The molecule has 0 unspecified atom stereocenters. The van der Waals surface area contributed by atoms with Crippen LogP contribution in [0.2, 0.25) is 0 Å². The molecule has 0 spiro atoms. The number of hydrogen-bond donors (Lipinski definition) is 2. The molecular weight excluding hydrogens is 438 g/mol. The first-order chi connectivity index (χ1) is 16.4. The normalized spacial score (nSPS) is 11.2. The second-order valence-electron chi connectivity index (χ2n) is 8.00. The fourth-order valence-corrected chi connectivity index (χ4v) is 3.77. The average molecular weight is 463 g/mol. The van der Waals surface area contributed by atoms with Gasteiger partial charge in [0.05, 0.1) is 13.7 Å². The Labute approximate surface area is 195 Å². The van der Waals surface area contributed by atoms with Crippen molar-refractivity contribution in [2.45, 2.75) is 25.7 Å². The molecule has 0 bridgehead atoms. The molecule has 4 rings (SSSR count). The molecule has 3 aromatic carbocycles. The number of aliphatic carboxylic acids is 2. The van der Waals surface area contributed by atoms with Gasteiger partial charge in [-0.25, -0.2) is 4.98 Å². The van der Waals surface area contributed by atoms with Crippen molar-refractivity contribution in [3.63, 3.8) is 0 Å². The summed E-state index contributed by atoms with van der Waals surface area (Å²) in [5.41, 5.74) is 2.30. The van der Waals surface area contributed by atoms with E-state index in [9.17, 15) is 9.59 Å². The van der Waals surface area contributed by atoms with Crippen molar-refractivity contribution in [2.75, 3.05) is 13.7 Å². The van der Waals surface area contributed by atoms with Crippen molar-refractivity contribution in [2.24, 2.45) is 5.92 Å². The number of carboxylic acids is 2. The number of unbranched alkanes of at least 4 members (excludes halogenated alkanes) is 2. The van der Waals surface area contributed by atoms with Crippen LogP contribution in [0.1, 0.15) is 25.7 Å². The Morgan fingerprint density at radius 2 is 1.65 bits per heavy atom. The number of benzene rings is 3. The zero-order chi connectivity index (χ0) is 24.1. The van der Waals surface area contributed by atoms with Crippen molar-refractivity contribution in [3.05, 3.63) is 54.6 Å². The number of carbonyl (C=O) groups is 2. The lowest BCUT2D eigenvalue weighted by Crippen LogP contribution is -2.23. The van der Waals surface area contributed by atoms with E-state index in [1.165, 1.54) is 0 Å². The van der Waals surface area contributed by atoms with Crippen LogP contribution in [-0.2, 0) is 9.59 Å². The third kappa shape index (κ3) is 5.28. The Morgan fingerprint density at radius 3 is 2.41 bits per heavy atom. The molecule has 0 aliphatic heterocycles. The van der Waals surface area contributed by atoms with E-state index < -0.39 is 17.9 Å². The fraction of sp³-hybridized carbons (Fsp3) is 0.269. The van der Waals surface area contributed by atoms with Crippen molar-refractivity contribution < 1.29 is 33.7 Å². The topological polar surface area (TPSA) is 119 Å². The second-order valence-corrected chi connectivity index (χ2v) is 8.00. The minimum atomic E-state index is -1.34. The van der Waals surface area contributed by atoms with Crippen LogP contribution in [0.3, 0.4) is 0 Å². The summed E-state index contributed by atoms with van der Waals surface area (Å²) in [4.78, 5) is 26.4. The predicted molar refractivity (Wildman–Crippen MR) is 126 cm³/mol. The van der Waals surface area contributed by atoms with Gasteiger partial charge in [-0.15, -0.1) is 0 Å². The third-order valence-electron chi connectivity index (χ3n) is 5.66. The SMILES string of the molecule is COc1ccc2nc(-c3ccc4cc(OCCCCCC(C(=O)O)C(=O)O)ccc4c3)oc2c1. The molecule has 0 fully saturated rings. The highest BCUT2D eigenvalue weighted by molar-refractivity contribution is 5.92. The number of oxazole rings is 1. The first-order valence-electron chi connectivity index (χ1n) is 11.0. The van der Waals surface area contributed by atoms with E-state index in [1.54, 1.807) is 7.11 Å². The Balaban J connectivity index is 1.34. The van der Waals surface area contributed by atoms with Gasteiger partial charge in [-0.2, -0.15) is 0 Å². The zero-order valence-corrected chi connectivity index (χ0v) is 18.7. The van der Waals surface area contributed by atoms with E-state index in [4.69, 9.17) is 24.1 Å². The lowest BCUT2D eigenvalue weighted by atomic mass is 10.0. The molecule has 0 aliphatic carbocycles. The first kappa shape index (κ1) is 23.1. The maximum absolute atomic E-state index is 10.9. The van der Waals surface area contributed by atoms with Crippen LogP contribution in [0.25, 0.3) is 33.3 Å². The van der Waals surface area contributed by atoms with E-state index in [2.05, 4.69) is 4.98 Å². The number of ether oxygens (including phenoxy) is 2. The number of fused-ring (bicyclic) bond motifs is 2. The zero-order valence-electron chi connectivity index (χ0n) is 18.7. The van der Waals surface area contributed by atoms with Crippen LogP contribution < -0.4 is 9.47 Å². The Kier molecular flexibility index (Phi) is 6.96. The van der Waals surface area contributed by atoms with E-state index in [0.717, 1.165) is 27.6 Å². The smallest absolute Gasteiger partial charge is 0.317 e. The van der Waals surface area contributed by atoms with Crippen molar-refractivity contribution in [1.29, 1.82) is 0 Å². The van der Waals surface area contributed by atoms with Crippen LogP contribution in [0.4, 0.5) is 0 Å². The van der Waals surface area contributed by atoms with Gasteiger partial charge in [0.15, 0.2) is 11.5 Å². The molecule has 8 heteroatoms. The van der Waals surface area contributed by atoms with E-state index in [0.29, 0.717) is 43.1 Å². The van der Waals surface area contributed by atoms with Gasteiger partial charge in [0, 0.05) is 11.6 Å². The fourth-order valence-electron chi connectivity index (χ4n) is 3.77. The minimum Gasteiger partial charge on any atom is -0.497 e. The molecule has 0 saturated heterocycles. The van der Waals surface area contributed by atoms with Gasteiger partial charge >= 0.3 is 11.9 Å². The molecule has 1 heterocycles. The molecular formula is C26H25NO7. The molecule has 8 nitrogen and oxygen atoms in total. The lowest BCUT2D eigenvalue weighted by molar-refractivity contribution is -0.154. The summed E-state index contributed by atoms with van der Waals surface area (Å²) in [6.45, 7) is 0.473. The maximum Gasteiger partial charge on any atom is 0.317 e. The molecule has 0 saturated carbocycles. The Hall–Kier alpha value is -4.07. The number of carboxylic acid groups (broad SMARTS) is 2. The standard InChI is InChI=1S/C26H25NO7/c1-32-19-10-11-22-23(15-19)34-24(27-22)18-7-6-17-14-20(9-8-16(17)13-18)33-12-4-2-3-5-21(25(28)29)26(30)31/h6-11,13-15,21H,2-5,12H2,1H3,(H,28,29)(H,30,31). The lowest BCUT2D eigenvalue weighted by Gasteiger charge is -2.09. The third-order valence-corrected chi connectivity index (χ3v) is 5.66. The van der Waals surface area contributed by atoms with E-state index in [-0.39, 0.29) is 6.42 Å². The van der Waals surface area contributed by atoms with Gasteiger partial charge < -0.3 is 24.1 Å². The monoisotopic (exact) mass is 463 g/mol. The number of aromatic nitrogens is 1. The number of nitrogens with zero attached hydrogens (tertiary/aromatic N) is 1. The summed E-state index contributed by atoms with van der Waals surface area (Å²) in [5, 5.41) is 19.8. The summed E-state index contributed by atoms with van der Waals surface area (Å²) >= 11 is 0. The summed E-state index contributed by atoms with van der Waals surface area (Å²) in [6.07, 6.45) is 2.06. The number of hydrogen-bond acceptors (Lipinski definition) is 6. The van der Waals surface area contributed by atoms with Crippen molar-refractivity contribution in [3.8, 4) is 23.0 Å². The molecule has 4 aromatic rings. The quantitative estimate of drug-likeness (QED) is 0.225. The summed E-state index contributed by atoms with van der Waals surface area (Å²) < 4.78 is 17.0. The first-order valence-corrected chi connectivity index (χ1v) is 11.0. The van der Waals surface area contributed by atoms with Gasteiger partial charge in [0.25, 0.3) is 0 Å².